The summed E-state index contributed by atoms with van der Waals surface area (Å²) in [5.41, 5.74) is 1.24. The van der Waals surface area contributed by atoms with Crippen LogP contribution in [0.4, 0.5) is 0 Å². The van der Waals surface area contributed by atoms with Gasteiger partial charge in [-0.3, -0.25) is 0 Å². The number of aliphatic hydroxyl groups is 1. The van der Waals surface area contributed by atoms with Gasteiger partial charge in [0.2, 0.25) is 0 Å². The van der Waals surface area contributed by atoms with E-state index in [0.717, 1.165) is 12.2 Å². The normalized spacial score (nSPS) is 12.5. The first-order chi connectivity index (χ1) is 7.27. The lowest BCUT2D eigenvalue weighted by molar-refractivity contribution is 0.128. The van der Waals surface area contributed by atoms with Gasteiger partial charge in [0.25, 0.3) is 0 Å². The van der Waals surface area contributed by atoms with Crippen LogP contribution in [0, 0.1) is 0 Å². The van der Waals surface area contributed by atoms with E-state index in [0.29, 0.717) is 0 Å². The third-order valence-electron chi connectivity index (χ3n) is 2.36. The fraction of sp³-hybridized carbons (Fsp3) is 0.538. The average molecular weight is 208 g/mol. The van der Waals surface area contributed by atoms with E-state index >= 15 is 0 Å². The summed E-state index contributed by atoms with van der Waals surface area (Å²) in [7, 11) is 0. The van der Waals surface area contributed by atoms with Gasteiger partial charge in [-0.1, -0.05) is 31.5 Å². The van der Waals surface area contributed by atoms with Gasteiger partial charge in [0.05, 0.1) is 6.61 Å². The average Bonchev–Trinajstić information content (AvgIpc) is 2.28. The molecule has 15 heavy (non-hydrogen) atoms. The SMILES string of the molecule is CCCCc1ccccc1O[C@H](C)CO. The standard InChI is InChI=1S/C13H20O2/c1-3-4-7-12-8-5-6-9-13(12)15-11(2)10-14/h5-6,8-9,11,14H,3-4,7,10H2,1-2H3/t11-/m1/s1. The molecule has 2 heteroatoms. The van der Waals surface area contributed by atoms with Crippen molar-refractivity contribution in [2.45, 2.75) is 39.2 Å². The van der Waals surface area contributed by atoms with E-state index in [1.807, 2.05) is 25.1 Å². The van der Waals surface area contributed by atoms with Crippen LogP contribution in [0.2, 0.25) is 0 Å². The van der Waals surface area contributed by atoms with Crippen LogP contribution in [0.25, 0.3) is 0 Å². The Labute approximate surface area is 91.9 Å². The zero-order valence-corrected chi connectivity index (χ0v) is 9.57. The van der Waals surface area contributed by atoms with Crippen LogP contribution in [-0.4, -0.2) is 17.8 Å². The molecule has 1 N–H and O–H groups in total. The van der Waals surface area contributed by atoms with Crippen LogP contribution >= 0.6 is 0 Å². The molecule has 0 aliphatic carbocycles. The molecule has 84 valence electrons. The predicted octanol–water partition coefficient (Wildman–Crippen LogP) is 2.79. The van der Waals surface area contributed by atoms with E-state index in [-0.39, 0.29) is 12.7 Å². The number of para-hydroxylation sites is 1. The van der Waals surface area contributed by atoms with Crippen molar-refractivity contribution in [3.05, 3.63) is 29.8 Å². The Kier molecular flexibility index (Phi) is 5.19. The lowest BCUT2D eigenvalue weighted by Crippen LogP contribution is -2.17. The van der Waals surface area contributed by atoms with E-state index in [4.69, 9.17) is 9.84 Å². The minimum atomic E-state index is -0.132. The highest BCUT2D eigenvalue weighted by Crippen LogP contribution is 2.21. The molecule has 0 amide bonds. The second-order valence-electron chi connectivity index (χ2n) is 3.82. The zero-order valence-electron chi connectivity index (χ0n) is 9.57. The Balaban J connectivity index is 2.67. The maximum atomic E-state index is 8.94. The van der Waals surface area contributed by atoms with Gasteiger partial charge >= 0.3 is 0 Å². The molecule has 0 spiro atoms. The molecule has 0 aliphatic heterocycles. The van der Waals surface area contributed by atoms with Crippen LogP contribution in [0.3, 0.4) is 0 Å². The van der Waals surface area contributed by atoms with Crippen molar-refractivity contribution in [3.63, 3.8) is 0 Å². The van der Waals surface area contributed by atoms with E-state index < -0.39 is 0 Å². The Hall–Kier alpha value is -1.02. The van der Waals surface area contributed by atoms with Gasteiger partial charge in [-0.15, -0.1) is 0 Å². The monoisotopic (exact) mass is 208 g/mol. The summed E-state index contributed by atoms with van der Waals surface area (Å²) in [5, 5.41) is 8.94. The van der Waals surface area contributed by atoms with Crippen molar-refractivity contribution >= 4 is 0 Å². The molecule has 0 aromatic heterocycles. The van der Waals surface area contributed by atoms with Crippen LogP contribution in [0.1, 0.15) is 32.3 Å². The van der Waals surface area contributed by atoms with Crippen molar-refractivity contribution in [1.29, 1.82) is 0 Å². The Bertz CT molecular complexity index is 284. The maximum absolute atomic E-state index is 8.94. The third-order valence-corrected chi connectivity index (χ3v) is 2.36. The molecule has 0 fully saturated rings. The number of ether oxygens (including phenoxy) is 1. The summed E-state index contributed by atoms with van der Waals surface area (Å²) in [6.07, 6.45) is 3.27. The minimum Gasteiger partial charge on any atom is -0.488 e. The van der Waals surface area contributed by atoms with Crippen LogP contribution in [0.15, 0.2) is 24.3 Å². The summed E-state index contributed by atoms with van der Waals surface area (Å²) in [5.74, 6) is 0.910. The molecule has 0 saturated heterocycles. The number of hydrogen-bond acceptors (Lipinski definition) is 2. The number of aliphatic hydroxyl groups excluding tert-OH is 1. The largest absolute Gasteiger partial charge is 0.488 e. The van der Waals surface area contributed by atoms with E-state index in [1.54, 1.807) is 0 Å². The molecule has 0 aliphatic rings. The van der Waals surface area contributed by atoms with E-state index in [9.17, 15) is 0 Å². The van der Waals surface area contributed by atoms with E-state index in [1.165, 1.54) is 18.4 Å². The van der Waals surface area contributed by atoms with Crippen molar-refractivity contribution in [3.8, 4) is 5.75 Å². The number of hydrogen-bond donors (Lipinski definition) is 1. The number of unbranched alkanes of at least 4 members (excludes halogenated alkanes) is 1. The lowest BCUT2D eigenvalue weighted by Gasteiger charge is -2.15. The molecule has 0 bridgehead atoms. The Morgan fingerprint density at radius 3 is 2.73 bits per heavy atom. The quantitative estimate of drug-likeness (QED) is 0.779. The highest BCUT2D eigenvalue weighted by molar-refractivity contribution is 5.33. The summed E-state index contributed by atoms with van der Waals surface area (Å²) in [6.45, 7) is 4.11. The molecular formula is C13H20O2. The van der Waals surface area contributed by atoms with Crippen molar-refractivity contribution in [1.82, 2.24) is 0 Å². The second kappa shape index (κ2) is 6.46. The van der Waals surface area contributed by atoms with Crippen molar-refractivity contribution < 1.29 is 9.84 Å². The minimum absolute atomic E-state index is 0.0577. The predicted molar refractivity (Wildman–Crippen MR) is 62.2 cm³/mol. The molecule has 0 heterocycles. The highest BCUT2D eigenvalue weighted by atomic mass is 16.5. The highest BCUT2D eigenvalue weighted by Gasteiger charge is 2.06. The first-order valence-corrected chi connectivity index (χ1v) is 5.63. The van der Waals surface area contributed by atoms with Gasteiger partial charge in [0.1, 0.15) is 11.9 Å². The smallest absolute Gasteiger partial charge is 0.123 e. The summed E-state index contributed by atoms with van der Waals surface area (Å²) < 4.78 is 5.64. The molecular weight excluding hydrogens is 188 g/mol. The van der Waals surface area contributed by atoms with Crippen LogP contribution in [0.5, 0.6) is 5.75 Å². The van der Waals surface area contributed by atoms with Gasteiger partial charge in [-0.25, -0.2) is 0 Å². The molecule has 0 saturated carbocycles. The van der Waals surface area contributed by atoms with Crippen molar-refractivity contribution in [2.75, 3.05) is 6.61 Å². The summed E-state index contributed by atoms with van der Waals surface area (Å²) in [6, 6.07) is 8.06. The van der Waals surface area contributed by atoms with Gasteiger partial charge in [-0.05, 0) is 31.4 Å². The van der Waals surface area contributed by atoms with Crippen LogP contribution in [-0.2, 0) is 6.42 Å². The number of rotatable bonds is 6. The fourth-order valence-corrected chi connectivity index (χ4v) is 1.45. The van der Waals surface area contributed by atoms with E-state index in [2.05, 4.69) is 13.0 Å². The molecule has 0 unspecified atom stereocenters. The molecule has 2 nitrogen and oxygen atoms in total. The third kappa shape index (κ3) is 3.92. The molecule has 1 aromatic rings. The maximum Gasteiger partial charge on any atom is 0.123 e. The van der Waals surface area contributed by atoms with Gasteiger partial charge in [0.15, 0.2) is 0 Å². The van der Waals surface area contributed by atoms with Crippen molar-refractivity contribution in [2.24, 2.45) is 0 Å². The van der Waals surface area contributed by atoms with Crippen LogP contribution < -0.4 is 4.74 Å². The first-order valence-electron chi connectivity index (χ1n) is 5.63. The topological polar surface area (TPSA) is 29.5 Å². The lowest BCUT2D eigenvalue weighted by atomic mass is 10.1. The second-order valence-corrected chi connectivity index (χ2v) is 3.82. The number of benzene rings is 1. The first kappa shape index (κ1) is 12.1. The van der Waals surface area contributed by atoms with Gasteiger partial charge in [-0.2, -0.15) is 0 Å². The Morgan fingerprint density at radius 2 is 2.07 bits per heavy atom. The number of aryl methyl sites for hydroxylation is 1. The fourth-order valence-electron chi connectivity index (χ4n) is 1.45. The Morgan fingerprint density at radius 1 is 1.33 bits per heavy atom. The molecule has 1 atom stereocenters. The van der Waals surface area contributed by atoms with Gasteiger partial charge < -0.3 is 9.84 Å². The van der Waals surface area contributed by atoms with Gasteiger partial charge in [0, 0.05) is 0 Å². The zero-order chi connectivity index (χ0) is 11.1. The summed E-state index contributed by atoms with van der Waals surface area (Å²) in [4.78, 5) is 0. The summed E-state index contributed by atoms with van der Waals surface area (Å²) >= 11 is 0. The molecule has 1 rings (SSSR count). The molecule has 0 radical (unpaired) electrons. The molecule has 1 aromatic carbocycles.